The normalized spacial score (nSPS) is 22.4. The molecule has 3 aliphatic rings. The highest BCUT2D eigenvalue weighted by atomic mass is 19.4. The van der Waals surface area contributed by atoms with Gasteiger partial charge in [-0.3, -0.25) is 4.90 Å². The summed E-state index contributed by atoms with van der Waals surface area (Å²) in [4.78, 5) is 10.5. The molecule has 8 heteroatoms. The Hall–Kier alpha value is -1.96. The molecule has 2 aliphatic heterocycles. The van der Waals surface area contributed by atoms with E-state index in [1.54, 1.807) is 4.90 Å². The number of hydrogen-bond acceptors (Lipinski definition) is 5. The third-order valence-corrected chi connectivity index (χ3v) is 6.39. The lowest BCUT2D eigenvalue weighted by atomic mass is 9.91. The molecule has 5 nitrogen and oxygen atoms in total. The Bertz CT molecular complexity index is 706. The Balaban J connectivity index is 1.26. The summed E-state index contributed by atoms with van der Waals surface area (Å²) in [5.74, 6) is 0.718. The zero-order chi connectivity index (χ0) is 20.4. The molecule has 1 aromatic heterocycles. The predicted molar refractivity (Wildman–Crippen MR) is 105 cm³/mol. The van der Waals surface area contributed by atoms with Crippen LogP contribution in [-0.4, -0.2) is 66.2 Å². The number of halogens is 3. The van der Waals surface area contributed by atoms with Gasteiger partial charge in [0.15, 0.2) is 5.88 Å². The van der Waals surface area contributed by atoms with Gasteiger partial charge in [-0.05, 0) is 31.6 Å². The fourth-order valence-corrected chi connectivity index (χ4v) is 4.41. The SMILES string of the molecule is C=C(OC1CCN(c2ncccc2C(F)(F)F)CC1)N1CCN(C2CCC2)CC1. The van der Waals surface area contributed by atoms with Gasteiger partial charge >= 0.3 is 6.18 Å². The first kappa shape index (κ1) is 20.3. The minimum absolute atomic E-state index is 0.0125. The number of pyridine rings is 1. The number of alkyl halides is 3. The second-order valence-electron chi connectivity index (χ2n) is 8.18. The molecular weight excluding hydrogens is 381 g/mol. The molecule has 0 unspecified atom stereocenters. The van der Waals surface area contributed by atoms with E-state index in [1.807, 2.05) is 0 Å². The van der Waals surface area contributed by atoms with Gasteiger partial charge in [0.25, 0.3) is 0 Å². The molecule has 1 aliphatic carbocycles. The molecule has 0 aromatic carbocycles. The number of nitrogens with zero attached hydrogens (tertiary/aromatic N) is 4. The van der Waals surface area contributed by atoms with E-state index in [9.17, 15) is 13.2 Å². The highest BCUT2D eigenvalue weighted by Crippen LogP contribution is 2.36. The first-order valence-corrected chi connectivity index (χ1v) is 10.5. The van der Waals surface area contributed by atoms with Crippen molar-refractivity contribution in [2.24, 2.45) is 0 Å². The third kappa shape index (κ3) is 4.63. The van der Waals surface area contributed by atoms with Crippen LogP contribution in [0.15, 0.2) is 30.8 Å². The number of piperazine rings is 1. The predicted octanol–water partition coefficient (Wildman–Crippen LogP) is 3.73. The van der Waals surface area contributed by atoms with Gasteiger partial charge in [-0.15, -0.1) is 0 Å². The smallest absolute Gasteiger partial charge is 0.419 e. The van der Waals surface area contributed by atoms with Gasteiger partial charge < -0.3 is 14.5 Å². The molecule has 0 atom stereocenters. The quantitative estimate of drug-likeness (QED) is 0.691. The van der Waals surface area contributed by atoms with E-state index in [1.165, 1.54) is 31.5 Å². The van der Waals surface area contributed by atoms with Crippen LogP contribution >= 0.6 is 0 Å². The molecule has 0 radical (unpaired) electrons. The van der Waals surface area contributed by atoms with Crippen molar-refractivity contribution in [1.82, 2.24) is 14.8 Å². The average molecular weight is 410 g/mol. The zero-order valence-electron chi connectivity index (χ0n) is 16.7. The summed E-state index contributed by atoms with van der Waals surface area (Å²) in [6.07, 6.45) is 2.32. The monoisotopic (exact) mass is 410 g/mol. The van der Waals surface area contributed by atoms with Crippen molar-refractivity contribution in [2.75, 3.05) is 44.2 Å². The molecular formula is C21H29F3N4O. The number of aromatic nitrogens is 1. The summed E-state index contributed by atoms with van der Waals surface area (Å²) in [6, 6.07) is 3.19. The van der Waals surface area contributed by atoms with Crippen LogP contribution in [0.4, 0.5) is 19.0 Å². The van der Waals surface area contributed by atoms with Crippen molar-refractivity contribution >= 4 is 5.82 Å². The summed E-state index contributed by atoms with van der Waals surface area (Å²) in [5.41, 5.74) is -0.673. The van der Waals surface area contributed by atoms with Gasteiger partial charge in [0.05, 0.1) is 5.56 Å². The van der Waals surface area contributed by atoms with Gasteiger partial charge in [0.1, 0.15) is 11.9 Å². The lowest BCUT2D eigenvalue weighted by Gasteiger charge is -2.44. The standard InChI is InChI=1S/C21H29F3N4O/c1-16(26-12-14-27(15-13-26)17-4-2-5-17)29-18-7-10-28(11-8-18)20-19(21(22,23)24)6-3-9-25-20/h3,6,9,17-18H,1-2,4-5,7-8,10-15H2. The molecule has 29 heavy (non-hydrogen) atoms. The maximum Gasteiger partial charge on any atom is 0.419 e. The van der Waals surface area contributed by atoms with Crippen LogP contribution in [0.25, 0.3) is 0 Å². The molecule has 1 aromatic rings. The molecule has 0 N–H and O–H groups in total. The molecule has 0 spiro atoms. The van der Waals surface area contributed by atoms with Crippen LogP contribution in [0.5, 0.6) is 0 Å². The number of anilines is 1. The van der Waals surface area contributed by atoms with Gasteiger partial charge in [-0.25, -0.2) is 4.98 Å². The van der Waals surface area contributed by atoms with E-state index >= 15 is 0 Å². The Labute approximate surface area is 170 Å². The first-order chi connectivity index (χ1) is 13.9. The molecule has 3 heterocycles. The molecule has 0 bridgehead atoms. The van der Waals surface area contributed by atoms with Crippen LogP contribution in [0.2, 0.25) is 0 Å². The summed E-state index contributed by atoms with van der Waals surface area (Å²) in [7, 11) is 0. The van der Waals surface area contributed by atoms with Crippen LogP contribution in [0.1, 0.15) is 37.7 Å². The summed E-state index contributed by atoms with van der Waals surface area (Å²) >= 11 is 0. The highest BCUT2D eigenvalue weighted by Gasteiger charge is 2.36. The van der Waals surface area contributed by atoms with Crippen molar-refractivity contribution in [1.29, 1.82) is 0 Å². The number of ether oxygens (including phenoxy) is 1. The second kappa shape index (κ2) is 8.42. The lowest BCUT2D eigenvalue weighted by molar-refractivity contribution is -0.137. The second-order valence-corrected chi connectivity index (χ2v) is 8.18. The van der Waals surface area contributed by atoms with E-state index in [-0.39, 0.29) is 11.9 Å². The Morgan fingerprint density at radius 2 is 1.72 bits per heavy atom. The highest BCUT2D eigenvalue weighted by molar-refractivity contribution is 5.48. The van der Waals surface area contributed by atoms with Gasteiger partial charge in [-0.2, -0.15) is 13.2 Å². The number of hydrogen-bond donors (Lipinski definition) is 0. The molecule has 0 amide bonds. The Kier molecular flexibility index (Phi) is 5.90. The number of rotatable bonds is 5. The van der Waals surface area contributed by atoms with E-state index < -0.39 is 11.7 Å². The van der Waals surface area contributed by atoms with Crippen molar-refractivity contribution in [3.63, 3.8) is 0 Å². The summed E-state index contributed by atoms with van der Waals surface area (Å²) < 4.78 is 45.8. The molecule has 3 fully saturated rings. The van der Waals surface area contributed by atoms with Crippen LogP contribution < -0.4 is 4.90 Å². The van der Waals surface area contributed by atoms with Crippen LogP contribution in [0, 0.1) is 0 Å². The molecule has 1 saturated carbocycles. The van der Waals surface area contributed by atoms with Crippen LogP contribution in [0.3, 0.4) is 0 Å². The van der Waals surface area contributed by atoms with Gasteiger partial charge in [-0.1, -0.05) is 6.42 Å². The van der Waals surface area contributed by atoms with E-state index in [0.717, 1.165) is 38.3 Å². The largest absolute Gasteiger partial charge is 0.476 e. The maximum absolute atomic E-state index is 13.2. The summed E-state index contributed by atoms with van der Waals surface area (Å²) in [5, 5.41) is 0. The Morgan fingerprint density at radius 3 is 2.31 bits per heavy atom. The zero-order valence-corrected chi connectivity index (χ0v) is 16.7. The fraction of sp³-hybridized carbons (Fsp3) is 0.667. The van der Waals surface area contributed by atoms with E-state index in [2.05, 4.69) is 21.4 Å². The minimum atomic E-state index is -4.40. The molecule has 4 rings (SSSR count). The van der Waals surface area contributed by atoms with Crippen molar-refractivity contribution < 1.29 is 17.9 Å². The first-order valence-electron chi connectivity index (χ1n) is 10.5. The minimum Gasteiger partial charge on any atom is -0.476 e. The topological polar surface area (TPSA) is 31.8 Å². The fourth-order valence-electron chi connectivity index (χ4n) is 4.41. The van der Waals surface area contributed by atoms with Crippen LogP contribution in [-0.2, 0) is 10.9 Å². The van der Waals surface area contributed by atoms with Crippen molar-refractivity contribution in [3.05, 3.63) is 36.4 Å². The van der Waals surface area contributed by atoms with Crippen molar-refractivity contribution in [3.8, 4) is 0 Å². The van der Waals surface area contributed by atoms with E-state index in [4.69, 9.17) is 4.74 Å². The third-order valence-electron chi connectivity index (χ3n) is 6.39. The van der Waals surface area contributed by atoms with E-state index in [0.29, 0.717) is 31.8 Å². The van der Waals surface area contributed by atoms with Gasteiger partial charge in [0.2, 0.25) is 0 Å². The maximum atomic E-state index is 13.2. The summed E-state index contributed by atoms with van der Waals surface area (Å²) in [6.45, 7) is 9.05. The number of piperidine rings is 1. The average Bonchev–Trinajstić information content (AvgIpc) is 2.67. The van der Waals surface area contributed by atoms with Crippen molar-refractivity contribution in [2.45, 2.75) is 50.4 Å². The molecule has 2 saturated heterocycles. The molecule has 160 valence electrons. The lowest BCUT2D eigenvalue weighted by Crippen LogP contribution is -2.52. The van der Waals surface area contributed by atoms with Gasteiger partial charge in [0, 0.05) is 64.3 Å². The Morgan fingerprint density at radius 1 is 1.03 bits per heavy atom.